The summed E-state index contributed by atoms with van der Waals surface area (Å²) in [6.45, 7) is 8.59. The predicted octanol–water partition coefficient (Wildman–Crippen LogP) is 4.88. The lowest BCUT2D eigenvalue weighted by Crippen LogP contribution is -2.72. The number of hydrogen-bond acceptors (Lipinski definition) is 4. The molecule has 0 aromatic rings. The van der Waals surface area contributed by atoms with Crippen LogP contribution in [0.4, 0.5) is 4.79 Å². The van der Waals surface area contributed by atoms with Crippen LogP contribution in [-0.4, -0.2) is 44.0 Å². The highest BCUT2D eigenvalue weighted by molar-refractivity contribution is 6.73. The van der Waals surface area contributed by atoms with Gasteiger partial charge in [-0.05, 0) is 43.8 Å². The van der Waals surface area contributed by atoms with E-state index in [1.54, 1.807) is 6.08 Å². The number of likely N-dealkylation sites (tertiary alicyclic amines) is 1. The highest BCUT2D eigenvalue weighted by Gasteiger charge is 2.57. The van der Waals surface area contributed by atoms with Crippen molar-refractivity contribution in [1.29, 1.82) is 0 Å². The van der Waals surface area contributed by atoms with Gasteiger partial charge in [0.25, 0.3) is 5.91 Å². The lowest BCUT2D eigenvalue weighted by atomic mass is 9.77. The van der Waals surface area contributed by atoms with E-state index >= 15 is 0 Å². The Balaban J connectivity index is 2.16. The average molecular weight is 382 g/mol. The zero-order chi connectivity index (χ0) is 19.2. The number of amides is 2. The van der Waals surface area contributed by atoms with E-state index in [1.165, 1.54) is 24.2 Å². The van der Waals surface area contributed by atoms with Gasteiger partial charge in [-0.25, -0.2) is 9.69 Å². The SMILES string of the molecule is CC=CCOC(=O)N1C(=O)C(O[Si](CC)(CC)CC)C1C1CCCCC1. The molecule has 0 spiro atoms. The first kappa shape index (κ1) is 21.2. The molecule has 148 valence electrons. The largest absolute Gasteiger partial charge is 0.445 e. The molecule has 0 aromatic heterocycles. The highest BCUT2D eigenvalue weighted by atomic mass is 28.4. The third kappa shape index (κ3) is 4.39. The molecular weight excluding hydrogens is 346 g/mol. The van der Waals surface area contributed by atoms with Gasteiger partial charge in [0.15, 0.2) is 8.32 Å². The van der Waals surface area contributed by atoms with Crippen LogP contribution in [0.1, 0.15) is 59.8 Å². The van der Waals surface area contributed by atoms with Gasteiger partial charge in [-0.3, -0.25) is 4.79 Å². The fourth-order valence-electron chi connectivity index (χ4n) is 4.30. The van der Waals surface area contributed by atoms with Crippen LogP contribution >= 0.6 is 0 Å². The van der Waals surface area contributed by atoms with Crippen molar-refractivity contribution < 1.29 is 18.8 Å². The van der Waals surface area contributed by atoms with E-state index in [4.69, 9.17) is 9.16 Å². The molecule has 2 atom stereocenters. The van der Waals surface area contributed by atoms with E-state index in [0.717, 1.165) is 31.0 Å². The lowest BCUT2D eigenvalue weighted by Gasteiger charge is -2.51. The van der Waals surface area contributed by atoms with Crippen LogP contribution in [0.15, 0.2) is 12.2 Å². The first-order chi connectivity index (χ1) is 12.5. The number of β-lactam (4-membered cyclic amide) rings is 1. The Morgan fingerprint density at radius 3 is 2.31 bits per heavy atom. The molecule has 2 rings (SSSR count). The van der Waals surface area contributed by atoms with Crippen molar-refractivity contribution in [3.8, 4) is 0 Å². The molecule has 1 aliphatic heterocycles. The summed E-state index contributed by atoms with van der Waals surface area (Å²) in [5.41, 5.74) is 0. The minimum atomic E-state index is -1.90. The van der Waals surface area contributed by atoms with Crippen molar-refractivity contribution in [2.45, 2.75) is 90.1 Å². The Hall–Kier alpha value is -1.14. The monoisotopic (exact) mass is 381 g/mol. The number of imide groups is 1. The third-order valence-electron chi connectivity index (χ3n) is 6.27. The number of carbonyl (C=O) groups excluding carboxylic acids is 2. The summed E-state index contributed by atoms with van der Waals surface area (Å²) in [6.07, 6.45) is 8.35. The quantitative estimate of drug-likeness (QED) is 0.341. The lowest BCUT2D eigenvalue weighted by molar-refractivity contribution is -0.165. The van der Waals surface area contributed by atoms with Crippen LogP contribution in [0.5, 0.6) is 0 Å². The zero-order valence-corrected chi connectivity index (χ0v) is 17.8. The smallest absolute Gasteiger partial charge is 0.417 e. The molecule has 2 aliphatic rings. The minimum Gasteiger partial charge on any atom is -0.445 e. The van der Waals surface area contributed by atoms with Crippen LogP contribution in [0.3, 0.4) is 0 Å². The van der Waals surface area contributed by atoms with Crippen LogP contribution < -0.4 is 0 Å². The maximum absolute atomic E-state index is 12.8. The van der Waals surface area contributed by atoms with Crippen molar-refractivity contribution in [1.82, 2.24) is 4.90 Å². The molecule has 1 saturated carbocycles. The molecule has 2 fully saturated rings. The second-order valence-corrected chi connectivity index (χ2v) is 12.2. The first-order valence-corrected chi connectivity index (χ1v) is 12.8. The Kier molecular flexibility index (Phi) is 7.89. The number of nitrogens with zero attached hydrogens (tertiary/aromatic N) is 1. The van der Waals surface area contributed by atoms with E-state index in [0.29, 0.717) is 5.92 Å². The van der Waals surface area contributed by atoms with Gasteiger partial charge in [-0.1, -0.05) is 52.2 Å². The van der Waals surface area contributed by atoms with Gasteiger partial charge in [0, 0.05) is 0 Å². The third-order valence-corrected chi connectivity index (χ3v) is 10.9. The maximum atomic E-state index is 12.8. The van der Waals surface area contributed by atoms with E-state index in [2.05, 4.69) is 20.8 Å². The Morgan fingerprint density at radius 1 is 1.15 bits per heavy atom. The number of ether oxygens (including phenoxy) is 1. The van der Waals surface area contributed by atoms with Crippen molar-refractivity contribution >= 4 is 20.3 Å². The first-order valence-electron chi connectivity index (χ1n) is 10.3. The van der Waals surface area contributed by atoms with Crippen LogP contribution in [0.25, 0.3) is 0 Å². The fourth-order valence-corrected chi connectivity index (χ4v) is 7.08. The summed E-state index contributed by atoms with van der Waals surface area (Å²) in [5.74, 6) is 0.149. The summed E-state index contributed by atoms with van der Waals surface area (Å²) in [5, 5.41) is 0. The summed E-state index contributed by atoms with van der Waals surface area (Å²) in [4.78, 5) is 26.7. The standard InChI is InChI=1S/C20H35NO4Si/c1-5-9-15-24-20(23)21-17(16-13-11-10-12-14-16)18(19(21)22)25-26(6-2,7-3)8-4/h5,9,16-18H,6-8,10-15H2,1-4H3. The highest BCUT2D eigenvalue weighted by Crippen LogP contribution is 2.40. The molecule has 0 N–H and O–H groups in total. The molecular formula is C20H35NO4Si. The van der Waals surface area contributed by atoms with E-state index in [1.807, 2.05) is 13.0 Å². The molecule has 5 nitrogen and oxygen atoms in total. The topological polar surface area (TPSA) is 55.8 Å². The Morgan fingerprint density at radius 2 is 1.77 bits per heavy atom. The Labute approximate surface area is 159 Å². The second-order valence-electron chi connectivity index (χ2n) is 7.52. The summed E-state index contributed by atoms with van der Waals surface area (Å²) < 4.78 is 11.8. The molecule has 26 heavy (non-hydrogen) atoms. The molecule has 1 heterocycles. The van der Waals surface area contributed by atoms with E-state index in [-0.39, 0.29) is 18.6 Å². The van der Waals surface area contributed by atoms with E-state index in [9.17, 15) is 9.59 Å². The molecule has 6 heteroatoms. The van der Waals surface area contributed by atoms with Crippen molar-refractivity contribution in [3.05, 3.63) is 12.2 Å². The molecule has 2 unspecified atom stereocenters. The Bertz CT molecular complexity index is 504. The van der Waals surface area contributed by atoms with Gasteiger partial charge in [0.1, 0.15) is 12.7 Å². The van der Waals surface area contributed by atoms with Crippen LogP contribution in [-0.2, 0) is 14.0 Å². The van der Waals surface area contributed by atoms with Gasteiger partial charge in [0.05, 0.1) is 6.04 Å². The van der Waals surface area contributed by atoms with Crippen LogP contribution in [0, 0.1) is 5.92 Å². The maximum Gasteiger partial charge on any atom is 0.417 e. The van der Waals surface area contributed by atoms with Gasteiger partial charge in [-0.2, -0.15) is 0 Å². The molecule has 0 radical (unpaired) electrons. The zero-order valence-electron chi connectivity index (χ0n) is 16.8. The minimum absolute atomic E-state index is 0.141. The van der Waals surface area contributed by atoms with Crippen LogP contribution in [0.2, 0.25) is 18.1 Å². The normalized spacial score (nSPS) is 24.8. The molecule has 0 aromatic carbocycles. The van der Waals surface area contributed by atoms with Gasteiger partial charge in [0.2, 0.25) is 0 Å². The second kappa shape index (κ2) is 9.69. The molecule has 2 amide bonds. The summed E-state index contributed by atoms with van der Waals surface area (Å²) in [6, 6.07) is 2.88. The van der Waals surface area contributed by atoms with Gasteiger partial charge in [-0.15, -0.1) is 0 Å². The average Bonchev–Trinajstić information content (AvgIpc) is 2.68. The number of rotatable bonds is 8. The van der Waals surface area contributed by atoms with Gasteiger partial charge >= 0.3 is 6.09 Å². The predicted molar refractivity (Wildman–Crippen MR) is 105 cm³/mol. The van der Waals surface area contributed by atoms with E-state index < -0.39 is 20.5 Å². The molecule has 0 bridgehead atoms. The summed E-state index contributed by atoms with van der Waals surface area (Å²) in [7, 11) is -1.90. The molecule has 1 saturated heterocycles. The molecule has 1 aliphatic carbocycles. The number of allylic oxidation sites excluding steroid dienone is 1. The fraction of sp³-hybridized carbons (Fsp3) is 0.800. The van der Waals surface area contributed by atoms with Crippen molar-refractivity contribution in [2.24, 2.45) is 5.92 Å². The summed E-state index contributed by atoms with van der Waals surface area (Å²) >= 11 is 0. The number of hydrogen-bond donors (Lipinski definition) is 0. The van der Waals surface area contributed by atoms with Crippen molar-refractivity contribution in [3.63, 3.8) is 0 Å². The van der Waals surface area contributed by atoms with Crippen molar-refractivity contribution in [2.75, 3.05) is 6.61 Å². The number of carbonyl (C=O) groups is 2. The van der Waals surface area contributed by atoms with Gasteiger partial charge < -0.3 is 9.16 Å².